The number of amides is 2. The monoisotopic (exact) mass is 392 g/mol. The molecule has 10 heteroatoms. The van der Waals surface area contributed by atoms with Gasteiger partial charge in [0, 0.05) is 11.9 Å². The third-order valence-electron chi connectivity index (χ3n) is 4.42. The molecular formula is C17H20N4O5S. The van der Waals surface area contributed by atoms with Crippen LogP contribution in [0.1, 0.15) is 30.3 Å². The zero-order valence-corrected chi connectivity index (χ0v) is 15.6. The topological polar surface area (TPSA) is 127 Å². The second-order valence-electron chi connectivity index (χ2n) is 6.47. The highest BCUT2D eigenvalue weighted by Gasteiger charge is 2.33. The van der Waals surface area contributed by atoms with Crippen LogP contribution in [-0.4, -0.2) is 41.5 Å². The van der Waals surface area contributed by atoms with Crippen LogP contribution in [0.15, 0.2) is 29.1 Å². The number of hydrazine groups is 1. The van der Waals surface area contributed by atoms with E-state index in [4.69, 9.17) is 0 Å². The largest absolute Gasteiger partial charge is 0.290 e. The van der Waals surface area contributed by atoms with E-state index >= 15 is 0 Å². The van der Waals surface area contributed by atoms with Crippen molar-refractivity contribution in [2.24, 2.45) is 5.92 Å². The normalized spacial score (nSPS) is 18.3. The predicted octanol–water partition coefficient (Wildman–Crippen LogP) is 0.00220. The maximum absolute atomic E-state index is 12.6. The summed E-state index contributed by atoms with van der Waals surface area (Å²) in [5.41, 5.74) is 4.26. The van der Waals surface area contributed by atoms with E-state index in [1.807, 2.05) is 6.92 Å². The number of aromatic nitrogens is 2. The van der Waals surface area contributed by atoms with Crippen molar-refractivity contribution in [3.63, 3.8) is 0 Å². The van der Waals surface area contributed by atoms with Gasteiger partial charge in [-0.1, -0.05) is 25.1 Å². The van der Waals surface area contributed by atoms with E-state index in [-0.39, 0.29) is 29.2 Å². The van der Waals surface area contributed by atoms with Gasteiger partial charge in [0.15, 0.2) is 15.5 Å². The lowest BCUT2D eigenvalue weighted by molar-refractivity contribution is -0.125. The summed E-state index contributed by atoms with van der Waals surface area (Å²) in [5, 5.41) is 4.87. The maximum Gasteiger partial charge on any atom is 0.290 e. The second kappa shape index (κ2) is 7.47. The van der Waals surface area contributed by atoms with Crippen molar-refractivity contribution >= 4 is 32.4 Å². The summed E-state index contributed by atoms with van der Waals surface area (Å²) in [4.78, 5) is 37.1. The van der Waals surface area contributed by atoms with Crippen molar-refractivity contribution in [1.29, 1.82) is 0 Å². The van der Waals surface area contributed by atoms with Crippen molar-refractivity contribution in [2.45, 2.75) is 26.3 Å². The molecule has 2 heterocycles. The Morgan fingerprint density at radius 1 is 1.22 bits per heavy atom. The lowest BCUT2D eigenvalue weighted by Crippen LogP contribution is -2.45. The van der Waals surface area contributed by atoms with Crippen LogP contribution in [0.2, 0.25) is 0 Å². The van der Waals surface area contributed by atoms with Crippen molar-refractivity contribution in [3.8, 4) is 0 Å². The molecule has 0 unspecified atom stereocenters. The number of aryl methyl sites for hydroxylation is 1. The molecule has 144 valence electrons. The molecule has 3 rings (SSSR count). The number of fused-ring (bicyclic) bond motifs is 1. The van der Waals surface area contributed by atoms with Gasteiger partial charge in [0.1, 0.15) is 0 Å². The zero-order chi connectivity index (χ0) is 19.6. The molecular weight excluding hydrogens is 372 g/mol. The number of sulfone groups is 1. The number of rotatable bonds is 4. The minimum atomic E-state index is -3.20. The molecule has 27 heavy (non-hydrogen) atoms. The maximum atomic E-state index is 12.6. The van der Waals surface area contributed by atoms with Gasteiger partial charge in [0.05, 0.1) is 22.8 Å². The molecule has 1 aliphatic heterocycles. The highest BCUT2D eigenvalue weighted by atomic mass is 32.2. The summed E-state index contributed by atoms with van der Waals surface area (Å²) in [7, 11) is -3.20. The summed E-state index contributed by atoms with van der Waals surface area (Å²) in [6.45, 7) is 2.25. The Bertz CT molecular complexity index is 1060. The summed E-state index contributed by atoms with van der Waals surface area (Å²) in [5.74, 6) is -2.18. The van der Waals surface area contributed by atoms with Gasteiger partial charge in [-0.2, -0.15) is 5.10 Å². The van der Waals surface area contributed by atoms with Gasteiger partial charge in [-0.15, -0.1) is 0 Å². The Hall–Kier alpha value is -2.75. The van der Waals surface area contributed by atoms with E-state index in [1.54, 1.807) is 24.3 Å². The number of carbonyl (C=O) groups excluding carboxylic acids is 2. The van der Waals surface area contributed by atoms with Gasteiger partial charge in [-0.3, -0.25) is 25.2 Å². The Morgan fingerprint density at radius 2 is 1.93 bits per heavy atom. The first-order valence-corrected chi connectivity index (χ1v) is 10.4. The molecule has 1 atom stereocenters. The van der Waals surface area contributed by atoms with E-state index in [9.17, 15) is 22.8 Å². The molecule has 9 nitrogen and oxygen atoms in total. The van der Waals surface area contributed by atoms with E-state index in [2.05, 4.69) is 16.0 Å². The first-order valence-electron chi connectivity index (χ1n) is 8.63. The van der Waals surface area contributed by atoms with Crippen LogP contribution in [-0.2, 0) is 21.2 Å². The molecule has 2 amide bonds. The Balaban J connectivity index is 1.82. The number of benzene rings is 1. The molecule has 1 aliphatic rings. The molecule has 1 saturated heterocycles. The van der Waals surface area contributed by atoms with E-state index < -0.39 is 27.6 Å². The van der Waals surface area contributed by atoms with E-state index in [0.29, 0.717) is 23.7 Å². The average Bonchev–Trinajstić information content (AvgIpc) is 3.02. The minimum Gasteiger partial charge on any atom is -0.273 e. The number of hydrogen-bond acceptors (Lipinski definition) is 6. The fourth-order valence-corrected chi connectivity index (χ4v) is 4.79. The first kappa shape index (κ1) is 19.0. The molecule has 0 radical (unpaired) electrons. The summed E-state index contributed by atoms with van der Waals surface area (Å²) in [6.07, 6.45) is 0.895. The Kier molecular flexibility index (Phi) is 5.26. The molecule has 0 saturated carbocycles. The van der Waals surface area contributed by atoms with Crippen LogP contribution in [0.3, 0.4) is 0 Å². The van der Waals surface area contributed by atoms with Gasteiger partial charge in [-0.25, -0.2) is 13.1 Å². The molecule has 0 bridgehead atoms. The molecule has 1 fully saturated rings. The second-order valence-corrected chi connectivity index (χ2v) is 8.69. The van der Waals surface area contributed by atoms with E-state index in [0.717, 1.165) is 0 Å². The Labute approximate surface area is 155 Å². The summed E-state index contributed by atoms with van der Waals surface area (Å²) >= 11 is 0. The number of nitrogens with zero attached hydrogens (tertiary/aromatic N) is 2. The molecule has 2 N–H and O–H groups in total. The van der Waals surface area contributed by atoms with Crippen molar-refractivity contribution in [1.82, 2.24) is 20.6 Å². The van der Waals surface area contributed by atoms with Crippen LogP contribution in [0, 0.1) is 5.92 Å². The van der Waals surface area contributed by atoms with Crippen LogP contribution in [0.5, 0.6) is 0 Å². The smallest absolute Gasteiger partial charge is 0.273 e. The number of nitrogens with one attached hydrogen (secondary N) is 2. The molecule has 1 aromatic heterocycles. The molecule has 2 aromatic rings. The lowest BCUT2D eigenvalue weighted by Gasteiger charge is -2.13. The van der Waals surface area contributed by atoms with Crippen molar-refractivity contribution in [3.05, 3.63) is 40.3 Å². The quantitative estimate of drug-likeness (QED) is 0.705. The standard InChI is InChI=1S/C17H20N4O5S/c1-2-8-21-17(24)13-6-4-3-5-12(13)14(20-21)16(23)19-18-15(22)11-7-9-27(25,26)10-11/h3-6,11H,2,7-10H2,1H3,(H,18,22)(H,19,23)/t11-/m0/s1. The van der Waals surface area contributed by atoms with Gasteiger partial charge >= 0.3 is 0 Å². The predicted molar refractivity (Wildman–Crippen MR) is 98.7 cm³/mol. The number of hydrogen-bond donors (Lipinski definition) is 2. The molecule has 0 spiro atoms. The molecule has 0 aliphatic carbocycles. The lowest BCUT2D eigenvalue weighted by atomic mass is 10.1. The van der Waals surface area contributed by atoms with Gasteiger partial charge < -0.3 is 0 Å². The fraction of sp³-hybridized carbons (Fsp3) is 0.412. The van der Waals surface area contributed by atoms with Crippen molar-refractivity contribution < 1.29 is 18.0 Å². The fourth-order valence-electron chi connectivity index (χ4n) is 3.05. The van der Waals surface area contributed by atoms with Gasteiger partial charge in [-0.05, 0) is 18.9 Å². The average molecular weight is 392 g/mol. The SMILES string of the molecule is CCCn1nc(C(=O)NNC(=O)[C@H]2CCS(=O)(=O)C2)c2ccccc2c1=O. The van der Waals surface area contributed by atoms with Gasteiger partial charge in [0.2, 0.25) is 5.91 Å². The van der Waals surface area contributed by atoms with Crippen LogP contribution >= 0.6 is 0 Å². The zero-order valence-electron chi connectivity index (χ0n) is 14.8. The number of carbonyl (C=O) groups is 2. The van der Waals surface area contributed by atoms with Crippen molar-refractivity contribution in [2.75, 3.05) is 11.5 Å². The summed E-state index contributed by atoms with van der Waals surface area (Å²) < 4.78 is 24.2. The van der Waals surface area contributed by atoms with E-state index in [1.165, 1.54) is 4.68 Å². The third-order valence-corrected chi connectivity index (χ3v) is 6.19. The minimum absolute atomic E-state index is 0.0120. The van der Waals surface area contributed by atoms with Crippen LogP contribution in [0.25, 0.3) is 10.8 Å². The first-order chi connectivity index (χ1) is 12.8. The highest BCUT2D eigenvalue weighted by Crippen LogP contribution is 2.18. The van der Waals surface area contributed by atoms with Crippen LogP contribution in [0.4, 0.5) is 0 Å². The van der Waals surface area contributed by atoms with Gasteiger partial charge in [0.25, 0.3) is 11.5 Å². The third kappa shape index (κ3) is 4.00. The Morgan fingerprint density at radius 3 is 2.56 bits per heavy atom. The molecule has 1 aromatic carbocycles. The summed E-state index contributed by atoms with van der Waals surface area (Å²) in [6, 6.07) is 6.61. The highest BCUT2D eigenvalue weighted by molar-refractivity contribution is 7.91. The van der Waals surface area contributed by atoms with Crippen LogP contribution < -0.4 is 16.4 Å².